The molecular weight excluding hydrogens is 1270 g/mol. The van der Waals surface area contributed by atoms with Crippen LogP contribution in [0.25, 0.3) is 0 Å². The highest BCUT2D eigenvalue weighted by atomic mass is 31.2. The van der Waals surface area contributed by atoms with Gasteiger partial charge in [0.1, 0.15) is 19.3 Å². The number of carbonyl (C=O) groups is 4. The Morgan fingerprint density at radius 3 is 0.784 bits per heavy atom. The van der Waals surface area contributed by atoms with Crippen LogP contribution >= 0.6 is 15.6 Å². The zero-order valence-electron chi connectivity index (χ0n) is 63.4. The molecule has 0 aromatic heterocycles. The first-order valence-corrected chi connectivity index (χ1v) is 43.5. The Balaban J connectivity index is 5.21. The van der Waals surface area contributed by atoms with E-state index >= 15 is 0 Å². The van der Waals surface area contributed by atoms with E-state index in [1.54, 1.807) is 0 Å². The number of hydrogen-bond acceptors (Lipinski definition) is 15. The van der Waals surface area contributed by atoms with Crippen LogP contribution in [0.4, 0.5) is 0 Å². The van der Waals surface area contributed by atoms with Crippen molar-refractivity contribution in [2.75, 3.05) is 39.6 Å². The van der Waals surface area contributed by atoms with E-state index in [9.17, 15) is 43.2 Å². The molecule has 576 valence electrons. The van der Waals surface area contributed by atoms with Gasteiger partial charge in [0, 0.05) is 25.7 Å². The second-order valence-electron chi connectivity index (χ2n) is 28.8. The minimum Gasteiger partial charge on any atom is -0.462 e. The third-order valence-corrected chi connectivity index (χ3v) is 20.5. The van der Waals surface area contributed by atoms with Crippen LogP contribution in [0.2, 0.25) is 0 Å². The fourth-order valence-electron chi connectivity index (χ4n) is 12.0. The molecule has 19 heteroatoms. The summed E-state index contributed by atoms with van der Waals surface area (Å²) in [5, 5.41) is 10.6. The van der Waals surface area contributed by atoms with Gasteiger partial charge < -0.3 is 33.8 Å². The number of hydrogen-bond donors (Lipinski definition) is 3. The zero-order valence-corrected chi connectivity index (χ0v) is 65.2. The van der Waals surface area contributed by atoms with Gasteiger partial charge in [-0.05, 0) is 37.5 Å². The van der Waals surface area contributed by atoms with Crippen molar-refractivity contribution in [1.82, 2.24) is 0 Å². The molecule has 0 heterocycles. The molecule has 0 aromatic rings. The number of esters is 4. The summed E-state index contributed by atoms with van der Waals surface area (Å²) in [5.74, 6) is -0.561. The standard InChI is InChI=1S/C78H152O17P2/c1-7-10-12-14-16-18-20-22-30-34-37-41-48-54-60-75(80)88-66-73(94-78(83)63-57-51-43-39-35-31-28-26-24-23-25-27-29-32-36-40-46-52-58-70(4)5)68-92-96(84,85)90-64-72(79)65-91-97(86,87)93-69-74(67-89-76(81)61-55-49-45-44-47-53-59-71(6)9-3)95-77(82)62-56-50-42-38-33-21-19-17-15-13-11-8-2/h70-74,79H,7-69H2,1-6H3,(H,84,85)(H,86,87)/t71?,72-,73-,74-/m1/s1. The van der Waals surface area contributed by atoms with Crippen LogP contribution in [0.5, 0.6) is 0 Å². The van der Waals surface area contributed by atoms with Crippen LogP contribution in [0.1, 0.15) is 408 Å². The van der Waals surface area contributed by atoms with Gasteiger partial charge in [-0.3, -0.25) is 37.3 Å². The quantitative estimate of drug-likeness (QED) is 0.0222. The maximum absolute atomic E-state index is 13.1. The predicted molar refractivity (Wildman–Crippen MR) is 395 cm³/mol. The van der Waals surface area contributed by atoms with E-state index in [4.69, 9.17) is 37.0 Å². The van der Waals surface area contributed by atoms with E-state index in [-0.39, 0.29) is 25.7 Å². The highest BCUT2D eigenvalue weighted by molar-refractivity contribution is 7.47. The van der Waals surface area contributed by atoms with Crippen LogP contribution in [0, 0.1) is 11.8 Å². The molecule has 0 radical (unpaired) electrons. The van der Waals surface area contributed by atoms with Gasteiger partial charge in [-0.15, -0.1) is 0 Å². The largest absolute Gasteiger partial charge is 0.472 e. The van der Waals surface area contributed by atoms with Gasteiger partial charge in [-0.1, -0.05) is 356 Å². The van der Waals surface area contributed by atoms with Gasteiger partial charge in [0.2, 0.25) is 0 Å². The number of phosphoric acid groups is 2. The minimum atomic E-state index is -4.96. The lowest BCUT2D eigenvalue weighted by Gasteiger charge is -2.21. The lowest BCUT2D eigenvalue weighted by Crippen LogP contribution is -2.30. The molecule has 0 aliphatic heterocycles. The summed E-state index contributed by atoms with van der Waals surface area (Å²) >= 11 is 0. The molecule has 3 N–H and O–H groups in total. The molecule has 6 atom stereocenters. The van der Waals surface area contributed by atoms with Crippen LogP contribution in [-0.4, -0.2) is 96.7 Å². The number of aliphatic hydroxyl groups is 1. The van der Waals surface area contributed by atoms with Crippen LogP contribution in [0.3, 0.4) is 0 Å². The normalized spacial score (nSPS) is 14.2. The molecular formula is C78H152O17P2. The predicted octanol–water partition coefficient (Wildman–Crippen LogP) is 23.1. The third kappa shape index (κ3) is 70.9. The number of carbonyl (C=O) groups excluding carboxylic acids is 4. The Bertz CT molecular complexity index is 1870. The van der Waals surface area contributed by atoms with Crippen LogP contribution in [0.15, 0.2) is 0 Å². The molecule has 0 spiro atoms. The molecule has 0 amide bonds. The fourth-order valence-corrected chi connectivity index (χ4v) is 13.6. The van der Waals surface area contributed by atoms with E-state index in [0.717, 1.165) is 108 Å². The summed E-state index contributed by atoms with van der Waals surface area (Å²) in [6, 6.07) is 0. The van der Waals surface area contributed by atoms with Crippen molar-refractivity contribution in [2.24, 2.45) is 11.8 Å². The smallest absolute Gasteiger partial charge is 0.462 e. The summed E-state index contributed by atoms with van der Waals surface area (Å²) < 4.78 is 68.6. The van der Waals surface area contributed by atoms with Crippen molar-refractivity contribution in [3.8, 4) is 0 Å². The Kier molecular flexibility index (Phi) is 68.4. The van der Waals surface area contributed by atoms with Gasteiger partial charge in [0.05, 0.1) is 26.4 Å². The lowest BCUT2D eigenvalue weighted by molar-refractivity contribution is -0.161. The lowest BCUT2D eigenvalue weighted by atomic mass is 10.00. The molecule has 97 heavy (non-hydrogen) atoms. The van der Waals surface area contributed by atoms with Crippen molar-refractivity contribution >= 4 is 39.5 Å². The van der Waals surface area contributed by atoms with Gasteiger partial charge in [-0.25, -0.2) is 9.13 Å². The summed E-state index contributed by atoms with van der Waals surface area (Å²) in [6.07, 6.45) is 58.3. The molecule has 0 saturated heterocycles. The Hall–Kier alpha value is -1.94. The number of phosphoric ester groups is 2. The van der Waals surface area contributed by atoms with Crippen molar-refractivity contribution in [1.29, 1.82) is 0 Å². The number of unbranched alkanes of at least 4 members (excludes halogenated alkanes) is 46. The summed E-state index contributed by atoms with van der Waals surface area (Å²) in [5.41, 5.74) is 0. The van der Waals surface area contributed by atoms with Crippen molar-refractivity contribution in [2.45, 2.75) is 426 Å². The van der Waals surface area contributed by atoms with Crippen molar-refractivity contribution < 1.29 is 80.2 Å². The second-order valence-corrected chi connectivity index (χ2v) is 31.7. The molecule has 17 nitrogen and oxygen atoms in total. The van der Waals surface area contributed by atoms with Crippen LogP contribution < -0.4 is 0 Å². The molecule has 0 rings (SSSR count). The van der Waals surface area contributed by atoms with Gasteiger partial charge in [-0.2, -0.15) is 0 Å². The molecule has 3 unspecified atom stereocenters. The Morgan fingerprint density at radius 2 is 0.526 bits per heavy atom. The van der Waals surface area contributed by atoms with Gasteiger partial charge >= 0.3 is 39.5 Å². The zero-order chi connectivity index (χ0) is 71.4. The first-order chi connectivity index (χ1) is 46.9. The van der Waals surface area contributed by atoms with Crippen molar-refractivity contribution in [3.05, 3.63) is 0 Å². The molecule has 0 saturated carbocycles. The van der Waals surface area contributed by atoms with E-state index in [0.29, 0.717) is 25.7 Å². The first-order valence-electron chi connectivity index (χ1n) is 40.5. The maximum atomic E-state index is 13.1. The molecule has 0 aliphatic rings. The Labute approximate surface area is 594 Å². The van der Waals surface area contributed by atoms with Crippen molar-refractivity contribution in [3.63, 3.8) is 0 Å². The maximum Gasteiger partial charge on any atom is 0.472 e. The van der Waals surface area contributed by atoms with Gasteiger partial charge in [0.25, 0.3) is 0 Å². The molecule has 0 fully saturated rings. The summed E-state index contributed by atoms with van der Waals surface area (Å²) in [4.78, 5) is 72.9. The summed E-state index contributed by atoms with van der Waals surface area (Å²) in [6.45, 7) is 9.61. The average molecular weight is 1420 g/mol. The van der Waals surface area contributed by atoms with Crippen LogP contribution in [-0.2, 0) is 65.4 Å². The number of ether oxygens (including phenoxy) is 4. The van der Waals surface area contributed by atoms with E-state index in [1.165, 1.54) is 218 Å². The van der Waals surface area contributed by atoms with E-state index in [2.05, 4.69) is 41.5 Å². The van der Waals surface area contributed by atoms with E-state index < -0.39 is 97.5 Å². The third-order valence-electron chi connectivity index (χ3n) is 18.6. The second kappa shape index (κ2) is 69.8. The SMILES string of the molecule is CCCCCCCCCCCCCCCCC(=O)OC[C@H](COP(=O)(O)OC[C@@H](O)COP(=O)(O)OC[C@@H](COC(=O)CCCCCCCCC(C)CC)OC(=O)CCCCCCCCCCCCCC)OC(=O)CCCCCCCCCCCCCCCCCCCCC(C)C. The van der Waals surface area contributed by atoms with Gasteiger partial charge in [0.15, 0.2) is 12.2 Å². The average Bonchev–Trinajstić information content (AvgIpc) is 1.20. The molecule has 0 aromatic carbocycles. The Morgan fingerprint density at radius 1 is 0.299 bits per heavy atom. The highest BCUT2D eigenvalue weighted by Gasteiger charge is 2.30. The highest BCUT2D eigenvalue weighted by Crippen LogP contribution is 2.45. The topological polar surface area (TPSA) is 237 Å². The first kappa shape index (κ1) is 95.1. The fraction of sp³-hybridized carbons (Fsp3) is 0.949. The summed E-state index contributed by atoms with van der Waals surface area (Å²) in [7, 11) is -9.91. The van der Waals surface area contributed by atoms with E-state index in [1.807, 2.05) is 0 Å². The number of aliphatic hydroxyl groups excluding tert-OH is 1. The number of rotatable bonds is 77. The minimum absolute atomic E-state index is 0.107. The molecule has 0 aliphatic carbocycles. The monoisotopic (exact) mass is 1420 g/mol. The molecule has 0 bridgehead atoms.